The van der Waals surface area contributed by atoms with Gasteiger partial charge >= 0.3 is 12.4 Å². The van der Waals surface area contributed by atoms with Gasteiger partial charge in [0.25, 0.3) is 0 Å². The summed E-state index contributed by atoms with van der Waals surface area (Å²) in [5.41, 5.74) is -2.22. The largest absolute Gasteiger partial charge is 0.435 e. The van der Waals surface area contributed by atoms with Crippen molar-refractivity contribution in [2.75, 3.05) is 0 Å². The van der Waals surface area contributed by atoms with Gasteiger partial charge in [-0.15, -0.1) is 0 Å². The summed E-state index contributed by atoms with van der Waals surface area (Å²) in [5, 5.41) is 0.728. The molecule has 0 atom stereocenters. The summed E-state index contributed by atoms with van der Waals surface area (Å²) < 4.78 is 81.6. The van der Waals surface area contributed by atoms with Crippen LogP contribution < -0.4 is 0 Å². The van der Waals surface area contributed by atoms with Gasteiger partial charge in [-0.3, -0.25) is 9.13 Å². The molecule has 0 saturated heterocycles. The maximum Gasteiger partial charge on any atom is 0.435 e. The normalized spacial score (nSPS) is 12.4. The zero-order chi connectivity index (χ0) is 24.0. The molecule has 0 aromatic carbocycles. The van der Waals surface area contributed by atoms with Crippen molar-refractivity contribution in [3.05, 3.63) is 71.8 Å². The summed E-state index contributed by atoms with van der Waals surface area (Å²) in [6.45, 7) is 3.74. The average Bonchev–Trinajstić information content (AvgIpc) is 3.33. The third-order valence-electron chi connectivity index (χ3n) is 4.68. The molecule has 4 aromatic rings. The van der Waals surface area contributed by atoms with E-state index in [1.807, 2.05) is 13.8 Å². The summed E-state index contributed by atoms with van der Waals surface area (Å²) in [6, 6.07) is 9.28. The van der Waals surface area contributed by atoms with Gasteiger partial charge in [-0.05, 0) is 49.9 Å². The second-order valence-electron chi connectivity index (χ2n) is 6.86. The van der Waals surface area contributed by atoms with E-state index >= 15 is 0 Å². The highest BCUT2D eigenvalue weighted by Crippen LogP contribution is 2.40. The van der Waals surface area contributed by atoms with Crippen LogP contribution in [-0.4, -0.2) is 29.1 Å². The number of pyridine rings is 2. The third kappa shape index (κ3) is 4.58. The number of imidazole rings is 2. The van der Waals surface area contributed by atoms with Crippen LogP contribution in [0.25, 0.3) is 11.6 Å². The smallest absolute Gasteiger partial charge is 0.287 e. The molecule has 0 radical (unpaired) electrons. The van der Waals surface area contributed by atoms with E-state index in [0.29, 0.717) is 17.2 Å². The minimum Gasteiger partial charge on any atom is -0.287 e. The van der Waals surface area contributed by atoms with Crippen LogP contribution in [0.2, 0.25) is 0 Å². The van der Waals surface area contributed by atoms with E-state index in [1.165, 1.54) is 18.2 Å². The molecular weight excluding hydrogens is 470 g/mol. The highest BCUT2D eigenvalue weighted by Gasteiger charge is 2.48. The lowest BCUT2D eigenvalue weighted by atomic mass is 10.3. The Morgan fingerprint density at radius 3 is 1.76 bits per heavy atom. The minimum absolute atomic E-state index is 0.242. The van der Waals surface area contributed by atoms with Crippen LogP contribution in [0.1, 0.15) is 22.8 Å². The first-order valence-corrected chi connectivity index (χ1v) is 10.1. The van der Waals surface area contributed by atoms with Gasteiger partial charge in [0.05, 0.1) is 5.69 Å². The molecule has 13 heteroatoms. The lowest BCUT2D eigenvalue weighted by Gasteiger charge is -2.14. The van der Waals surface area contributed by atoms with Crippen molar-refractivity contribution in [1.29, 1.82) is 0 Å². The molecule has 0 aliphatic rings. The molecule has 6 nitrogen and oxygen atoms in total. The molecule has 0 aliphatic heterocycles. The van der Waals surface area contributed by atoms with Crippen LogP contribution in [0, 0.1) is 13.8 Å². The highest BCUT2D eigenvalue weighted by molar-refractivity contribution is 7.99. The molecule has 4 rings (SSSR count). The summed E-state index contributed by atoms with van der Waals surface area (Å²) in [7, 11) is 0. The van der Waals surface area contributed by atoms with Crippen LogP contribution in [0.3, 0.4) is 0 Å². The first-order valence-electron chi connectivity index (χ1n) is 9.30. The number of rotatable bonds is 4. The first-order chi connectivity index (χ1) is 15.4. The number of hydrogen-bond acceptors (Lipinski definition) is 5. The van der Waals surface area contributed by atoms with Crippen molar-refractivity contribution in [1.82, 2.24) is 29.1 Å². The fraction of sp³-hybridized carbons (Fsp3) is 0.200. The van der Waals surface area contributed by atoms with Gasteiger partial charge in [-0.2, -0.15) is 26.3 Å². The standard InChI is InChI=1S/C20H14F6N6S/c1-11-12(2)31(9-27-11)13-5-3-7-15(29-13)33-16-8-4-6-14(30-16)32-10-28-17(19(21,22)23)18(32)20(24,25)26/h3-10H,1-2H3. The molecule has 4 heterocycles. The average molecular weight is 484 g/mol. The van der Waals surface area contributed by atoms with Crippen LogP contribution in [-0.2, 0) is 12.4 Å². The molecule has 4 aromatic heterocycles. The number of nitrogens with zero attached hydrogens (tertiary/aromatic N) is 6. The third-order valence-corrected chi connectivity index (χ3v) is 5.55. The number of aromatic nitrogens is 6. The van der Waals surface area contributed by atoms with Gasteiger partial charge in [-0.1, -0.05) is 12.1 Å². The van der Waals surface area contributed by atoms with Crippen LogP contribution in [0.4, 0.5) is 26.3 Å². The zero-order valence-corrected chi connectivity index (χ0v) is 17.8. The number of aryl methyl sites for hydroxylation is 1. The number of hydrogen-bond donors (Lipinski definition) is 0. The summed E-state index contributed by atoms with van der Waals surface area (Å²) in [5.74, 6) is 0.227. The molecule has 0 aliphatic carbocycles. The van der Waals surface area contributed by atoms with E-state index in [2.05, 4.69) is 19.9 Å². The molecule has 0 saturated carbocycles. The highest BCUT2D eigenvalue weighted by atomic mass is 32.2. The summed E-state index contributed by atoms with van der Waals surface area (Å²) in [6.07, 6.45) is -8.47. The van der Waals surface area contributed by atoms with Crippen LogP contribution in [0.5, 0.6) is 0 Å². The second kappa shape index (κ2) is 8.21. The van der Waals surface area contributed by atoms with E-state index in [1.54, 1.807) is 29.1 Å². The fourth-order valence-corrected chi connectivity index (χ4v) is 3.81. The molecule has 0 fully saturated rings. The van der Waals surface area contributed by atoms with Crippen LogP contribution >= 0.6 is 11.8 Å². The molecule has 0 N–H and O–H groups in total. The molecule has 0 amide bonds. The van der Waals surface area contributed by atoms with Gasteiger partial charge in [0.15, 0.2) is 11.4 Å². The summed E-state index contributed by atoms with van der Waals surface area (Å²) >= 11 is 1.05. The Balaban J connectivity index is 1.69. The van der Waals surface area contributed by atoms with E-state index in [0.717, 1.165) is 23.1 Å². The van der Waals surface area contributed by atoms with Gasteiger partial charge in [0.1, 0.15) is 34.3 Å². The van der Waals surface area contributed by atoms with Crippen molar-refractivity contribution in [3.63, 3.8) is 0 Å². The first kappa shape index (κ1) is 22.8. The van der Waals surface area contributed by atoms with Gasteiger partial charge in [0, 0.05) is 5.69 Å². The molecular formula is C20H14F6N6S. The van der Waals surface area contributed by atoms with Gasteiger partial charge < -0.3 is 0 Å². The molecule has 0 bridgehead atoms. The van der Waals surface area contributed by atoms with Crippen molar-refractivity contribution in [2.24, 2.45) is 0 Å². The Morgan fingerprint density at radius 1 is 0.727 bits per heavy atom. The maximum atomic E-state index is 13.4. The predicted octanol–water partition coefficient (Wildman–Crippen LogP) is 5.65. The Labute approximate surface area is 187 Å². The Morgan fingerprint density at radius 2 is 1.27 bits per heavy atom. The Hall–Kier alpha value is -3.35. The SMILES string of the molecule is Cc1ncn(-c2cccc(Sc3cccc(-n4cnc(C(F)(F)F)c4C(F)(F)F)n3)n2)c1C. The van der Waals surface area contributed by atoms with E-state index in [-0.39, 0.29) is 15.4 Å². The van der Waals surface area contributed by atoms with Crippen LogP contribution in [0.15, 0.2) is 59.1 Å². The fourth-order valence-electron chi connectivity index (χ4n) is 3.03. The minimum atomic E-state index is -5.29. The van der Waals surface area contributed by atoms with Crippen molar-refractivity contribution >= 4 is 11.8 Å². The monoisotopic (exact) mass is 484 g/mol. The number of alkyl halides is 6. The zero-order valence-electron chi connectivity index (χ0n) is 17.0. The van der Waals surface area contributed by atoms with Gasteiger partial charge in [-0.25, -0.2) is 19.9 Å². The molecule has 0 spiro atoms. The van der Waals surface area contributed by atoms with Crippen molar-refractivity contribution < 1.29 is 26.3 Å². The summed E-state index contributed by atoms with van der Waals surface area (Å²) in [4.78, 5) is 15.8. The lowest BCUT2D eigenvalue weighted by Crippen LogP contribution is -2.19. The van der Waals surface area contributed by atoms with E-state index in [4.69, 9.17) is 0 Å². The van der Waals surface area contributed by atoms with Crippen molar-refractivity contribution in [2.45, 2.75) is 36.3 Å². The van der Waals surface area contributed by atoms with Gasteiger partial charge in [0.2, 0.25) is 0 Å². The second-order valence-corrected chi connectivity index (χ2v) is 7.90. The quantitative estimate of drug-likeness (QED) is 0.350. The number of halogens is 6. The Kier molecular flexibility index (Phi) is 5.68. The molecule has 172 valence electrons. The van der Waals surface area contributed by atoms with E-state index in [9.17, 15) is 26.3 Å². The van der Waals surface area contributed by atoms with Crippen molar-refractivity contribution in [3.8, 4) is 11.6 Å². The predicted molar refractivity (Wildman–Crippen MR) is 106 cm³/mol. The van der Waals surface area contributed by atoms with E-state index < -0.39 is 23.7 Å². The Bertz CT molecular complexity index is 1310. The lowest BCUT2D eigenvalue weighted by molar-refractivity contribution is -0.166. The molecule has 33 heavy (non-hydrogen) atoms. The maximum absolute atomic E-state index is 13.4. The molecule has 0 unspecified atom stereocenters. The topological polar surface area (TPSA) is 61.4 Å².